The lowest BCUT2D eigenvalue weighted by Crippen LogP contribution is -2.11. The number of ketones is 1. The van der Waals surface area contributed by atoms with Gasteiger partial charge in [-0.3, -0.25) is 9.48 Å². The molecule has 0 fully saturated rings. The molecule has 2 rings (SSSR count). The predicted octanol–water partition coefficient (Wildman–Crippen LogP) is 2.61. The Bertz CT molecular complexity index is 578. The van der Waals surface area contributed by atoms with Gasteiger partial charge in [-0.15, -0.1) is 0 Å². The van der Waals surface area contributed by atoms with Crippen molar-refractivity contribution in [3.63, 3.8) is 0 Å². The van der Waals surface area contributed by atoms with Gasteiger partial charge in [-0.1, -0.05) is 6.07 Å². The number of halogens is 2. The van der Waals surface area contributed by atoms with Gasteiger partial charge in [0.05, 0.1) is 0 Å². The maximum Gasteiger partial charge on any atom is 0.185 e. The molecule has 0 aliphatic carbocycles. The van der Waals surface area contributed by atoms with Gasteiger partial charge >= 0.3 is 0 Å². The SMILES string of the molecule is CCn1nccc1C(=O)Cc1ccc(F)c(F)c1. The second kappa shape index (κ2) is 5.08. The van der Waals surface area contributed by atoms with Crippen LogP contribution in [0.2, 0.25) is 0 Å². The van der Waals surface area contributed by atoms with Crippen molar-refractivity contribution in [3.8, 4) is 0 Å². The molecule has 0 aliphatic rings. The predicted molar refractivity (Wildman–Crippen MR) is 62.3 cm³/mol. The van der Waals surface area contributed by atoms with Crippen LogP contribution < -0.4 is 0 Å². The van der Waals surface area contributed by atoms with Crippen molar-refractivity contribution in [2.75, 3.05) is 0 Å². The molecule has 1 heterocycles. The average molecular weight is 250 g/mol. The summed E-state index contributed by atoms with van der Waals surface area (Å²) in [5.41, 5.74) is 0.921. The van der Waals surface area contributed by atoms with Crippen molar-refractivity contribution < 1.29 is 13.6 Å². The van der Waals surface area contributed by atoms with Gasteiger partial charge in [-0.25, -0.2) is 8.78 Å². The number of nitrogens with zero attached hydrogens (tertiary/aromatic N) is 2. The van der Waals surface area contributed by atoms with E-state index in [2.05, 4.69) is 5.10 Å². The largest absolute Gasteiger partial charge is 0.292 e. The quantitative estimate of drug-likeness (QED) is 0.782. The topological polar surface area (TPSA) is 34.9 Å². The molecular formula is C13H12F2N2O. The molecule has 5 heteroatoms. The zero-order valence-electron chi connectivity index (χ0n) is 9.86. The first-order chi connectivity index (χ1) is 8.61. The number of rotatable bonds is 4. The van der Waals surface area contributed by atoms with Gasteiger partial charge in [0, 0.05) is 19.2 Å². The number of carbonyl (C=O) groups is 1. The lowest BCUT2D eigenvalue weighted by molar-refractivity contribution is 0.0982. The standard InChI is InChI=1S/C13H12F2N2O/c1-2-17-12(5-6-16-17)13(18)8-9-3-4-10(14)11(15)7-9/h3-7H,2,8H2,1H3. The van der Waals surface area contributed by atoms with E-state index in [1.165, 1.54) is 6.07 Å². The van der Waals surface area contributed by atoms with E-state index in [-0.39, 0.29) is 12.2 Å². The van der Waals surface area contributed by atoms with E-state index in [1.54, 1.807) is 16.9 Å². The fourth-order valence-electron chi connectivity index (χ4n) is 1.75. The Hall–Kier alpha value is -2.04. The highest BCUT2D eigenvalue weighted by atomic mass is 19.2. The molecule has 0 amide bonds. The number of benzene rings is 1. The highest BCUT2D eigenvalue weighted by Gasteiger charge is 2.13. The van der Waals surface area contributed by atoms with E-state index in [0.717, 1.165) is 12.1 Å². The van der Waals surface area contributed by atoms with Crippen LogP contribution in [0.1, 0.15) is 23.0 Å². The zero-order chi connectivity index (χ0) is 13.1. The van der Waals surface area contributed by atoms with Crippen molar-refractivity contribution in [2.24, 2.45) is 0 Å². The summed E-state index contributed by atoms with van der Waals surface area (Å²) >= 11 is 0. The van der Waals surface area contributed by atoms with Gasteiger partial charge in [0.25, 0.3) is 0 Å². The van der Waals surface area contributed by atoms with Crippen LogP contribution in [-0.2, 0) is 13.0 Å². The summed E-state index contributed by atoms with van der Waals surface area (Å²) in [6, 6.07) is 5.09. The third kappa shape index (κ3) is 2.45. The number of aryl methyl sites for hydroxylation is 1. The normalized spacial score (nSPS) is 10.6. The molecule has 0 atom stereocenters. The Morgan fingerprint density at radius 2 is 2.06 bits per heavy atom. The van der Waals surface area contributed by atoms with Crippen LogP contribution in [0, 0.1) is 11.6 Å². The van der Waals surface area contributed by atoms with Crippen molar-refractivity contribution in [1.82, 2.24) is 9.78 Å². The lowest BCUT2D eigenvalue weighted by atomic mass is 10.1. The van der Waals surface area contributed by atoms with Crippen LogP contribution in [0.3, 0.4) is 0 Å². The second-order valence-electron chi connectivity index (χ2n) is 3.88. The second-order valence-corrected chi connectivity index (χ2v) is 3.88. The van der Waals surface area contributed by atoms with E-state index in [4.69, 9.17) is 0 Å². The van der Waals surface area contributed by atoms with Gasteiger partial charge in [0.15, 0.2) is 17.4 Å². The lowest BCUT2D eigenvalue weighted by Gasteiger charge is -2.04. The minimum atomic E-state index is -0.940. The fourth-order valence-corrected chi connectivity index (χ4v) is 1.75. The molecule has 0 saturated heterocycles. The number of aromatic nitrogens is 2. The summed E-state index contributed by atoms with van der Waals surface area (Å²) < 4.78 is 27.3. The molecule has 94 valence electrons. The van der Waals surface area contributed by atoms with Gasteiger partial charge in [0.2, 0.25) is 0 Å². The minimum Gasteiger partial charge on any atom is -0.292 e. The van der Waals surface area contributed by atoms with Crippen LogP contribution in [0.4, 0.5) is 8.78 Å². The maximum atomic E-state index is 13.0. The van der Waals surface area contributed by atoms with Crippen molar-refractivity contribution in [3.05, 3.63) is 53.4 Å². The van der Waals surface area contributed by atoms with E-state index in [0.29, 0.717) is 17.8 Å². The molecule has 1 aromatic carbocycles. The summed E-state index contributed by atoms with van der Waals surface area (Å²) in [5, 5.41) is 3.99. The van der Waals surface area contributed by atoms with E-state index < -0.39 is 11.6 Å². The summed E-state index contributed by atoms with van der Waals surface area (Å²) in [7, 11) is 0. The van der Waals surface area contributed by atoms with Crippen LogP contribution in [0.5, 0.6) is 0 Å². The van der Waals surface area contributed by atoms with E-state index >= 15 is 0 Å². The Morgan fingerprint density at radius 3 is 2.72 bits per heavy atom. The molecule has 1 aromatic heterocycles. The molecular weight excluding hydrogens is 238 g/mol. The third-order valence-corrected chi connectivity index (χ3v) is 2.65. The van der Waals surface area contributed by atoms with Gasteiger partial charge in [-0.2, -0.15) is 5.10 Å². The van der Waals surface area contributed by atoms with Crippen LogP contribution in [0.25, 0.3) is 0 Å². The van der Waals surface area contributed by atoms with E-state index in [1.807, 2.05) is 6.92 Å². The maximum absolute atomic E-state index is 13.0. The number of hydrogen-bond donors (Lipinski definition) is 0. The van der Waals surface area contributed by atoms with Crippen LogP contribution in [0.15, 0.2) is 30.5 Å². The minimum absolute atomic E-state index is 0.0306. The smallest absolute Gasteiger partial charge is 0.185 e. The van der Waals surface area contributed by atoms with Crippen molar-refractivity contribution in [2.45, 2.75) is 19.9 Å². The van der Waals surface area contributed by atoms with Crippen LogP contribution in [-0.4, -0.2) is 15.6 Å². The van der Waals surface area contributed by atoms with Gasteiger partial charge in [0.1, 0.15) is 5.69 Å². The molecule has 0 unspecified atom stereocenters. The Labute approximate surface area is 103 Å². The van der Waals surface area contributed by atoms with Crippen molar-refractivity contribution >= 4 is 5.78 Å². The summed E-state index contributed by atoms with van der Waals surface area (Å²) in [4.78, 5) is 12.0. The van der Waals surface area contributed by atoms with Crippen molar-refractivity contribution in [1.29, 1.82) is 0 Å². The molecule has 0 N–H and O–H groups in total. The first kappa shape index (κ1) is 12.4. The third-order valence-electron chi connectivity index (χ3n) is 2.65. The molecule has 0 spiro atoms. The molecule has 0 bridgehead atoms. The molecule has 0 saturated carbocycles. The van der Waals surface area contributed by atoms with Gasteiger partial charge in [-0.05, 0) is 30.7 Å². The fraction of sp³-hybridized carbons (Fsp3) is 0.231. The Kier molecular flexibility index (Phi) is 3.50. The first-order valence-electron chi connectivity index (χ1n) is 5.60. The summed E-state index contributed by atoms with van der Waals surface area (Å²) in [6.07, 6.45) is 1.57. The molecule has 0 aliphatic heterocycles. The molecule has 3 nitrogen and oxygen atoms in total. The number of hydrogen-bond acceptors (Lipinski definition) is 2. The Balaban J connectivity index is 2.19. The summed E-state index contributed by atoms with van der Waals surface area (Å²) in [6.45, 7) is 2.47. The highest BCUT2D eigenvalue weighted by Crippen LogP contribution is 2.12. The first-order valence-corrected chi connectivity index (χ1v) is 5.60. The number of carbonyl (C=O) groups excluding carboxylic acids is 1. The Morgan fingerprint density at radius 1 is 1.28 bits per heavy atom. The monoisotopic (exact) mass is 250 g/mol. The molecule has 2 aromatic rings. The number of Topliss-reactive ketones (excluding diaryl/α,β-unsaturated/α-hetero) is 1. The molecule has 18 heavy (non-hydrogen) atoms. The van der Waals surface area contributed by atoms with Crippen LogP contribution >= 0.6 is 0 Å². The average Bonchev–Trinajstić information content (AvgIpc) is 2.82. The summed E-state index contributed by atoms with van der Waals surface area (Å²) in [5.74, 6) is -2.02. The zero-order valence-corrected chi connectivity index (χ0v) is 9.86. The van der Waals surface area contributed by atoms with Gasteiger partial charge < -0.3 is 0 Å². The molecule has 0 radical (unpaired) electrons. The highest BCUT2D eigenvalue weighted by molar-refractivity contribution is 5.95. The van der Waals surface area contributed by atoms with E-state index in [9.17, 15) is 13.6 Å².